The molecule has 2 aliphatic rings. The molecule has 1 unspecified atom stereocenters. The van der Waals surface area contributed by atoms with Crippen LogP contribution in [-0.2, 0) is 16.7 Å². The number of carbonyl (C=O) groups excluding carboxylic acids is 2. The molecule has 40 heavy (non-hydrogen) atoms. The number of ether oxygens (including phenoxy) is 2. The fourth-order valence-corrected chi connectivity index (χ4v) is 6.11. The third-order valence-electron chi connectivity index (χ3n) is 7.24. The number of nitrogens with zero attached hydrogens (tertiary/aromatic N) is 2. The highest BCUT2D eigenvalue weighted by molar-refractivity contribution is 7.98. The van der Waals surface area contributed by atoms with E-state index in [0.717, 1.165) is 43.5 Å². The van der Waals surface area contributed by atoms with Gasteiger partial charge < -0.3 is 14.4 Å². The number of esters is 1. The molecule has 10 heteroatoms. The van der Waals surface area contributed by atoms with E-state index in [4.69, 9.17) is 9.47 Å². The molecular weight excluding hydrogens is 541 g/mol. The van der Waals surface area contributed by atoms with Crippen molar-refractivity contribution in [2.45, 2.75) is 67.7 Å². The zero-order chi connectivity index (χ0) is 28.3. The van der Waals surface area contributed by atoms with Crippen LogP contribution in [0.3, 0.4) is 0 Å². The number of fused-ring (bicyclic) bond motifs is 2. The minimum absolute atomic E-state index is 0.00630. The Labute approximate surface area is 234 Å². The molecule has 1 amide bonds. The topological polar surface area (TPSA) is 68.7 Å². The second-order valence-electron chi connectivity index (χ2n) is 9.92. The monoisotopic (exact) mass is 570 g/mol. The van der Waals surface area contributed by atoms with Gasteiger partial charge in [-0.2, -0.15) is 13.2 Å². The lowest BCUT2D eigenvalue weighted by molar-refractivity contribution is -0.137. The first-order chi connectivity index (χ1) is 19.2. The minimum atomic E-state index is -4.40. The van der Waals surface area contributed by atoms with Crippen LogP contribution < -0.4 is 4.74 Å². The van der Waals surface area contributed by atoms with Crippen LogP contribution in [0.5, 0.6) is 5.75 Å². The van der Waals surface area contributed by atoms with Gasteiger partial charge in [0.25, 0.3) is 5.91 Å². The molecule has 6 nitrogen and oxygen atoms in total. The van der Waals surface area contributed by atoms with Gasteiger partial charge in [0.15, 0.2) is 0 Å². The molecule has 2 bridgehead atoms. The third-order valence-corrected chi connectivity index (χ3v) is 8.26. The fourth-order valence-electron chi connectivity index (χ4n) is 5.31. The summed E-state index contributed by atoms with van der Waals surface area (Å²) in [4.78, 5) is 31.2. The predicted molar refractivity (Wildman–Crippen MR) is 144 cm³/mol. The van der Waals surface area contributed by atoms with Gasteiger partial charge in [0.05, 0.1) is 22.8 Å². The number of hydrogen-bond acceptors (Lipinski definition) is 6. The van der Waals surface area contributed by atoms with Gasteiger partial charge >= 0.3 is 12.1 Å². The van der Waals surface area contributed by atoms with Crippen LogP contribution in [0.4, 0.5) is 13.2 Å². The number of aromatic nitrogens is 1. The van der Waals surface area contributed by atoms with Crippen molar-refractivity contribution in [3.63, 3.8) is 0 Å². The van der Waals surface area contributed by atoms with Crippen LogP contribution in [0.2, 0.25) is 0 Å². The Bertz CT molecular complexity index is 1320. The first-order valence-electron chi connectivity index (χ1n) is 13.2. The predicted octanol–water partition coefficient (Wildman–Crippen LogP) is 6.78. The first-order valence-corrected chi connectivity index (χ1v) is 14.2. The lowest BCUT2D eigenvalue weighted by Crippen LogP contribution is -2.49. The van der Waals surface area contributed by atoms with E-state index in [1.54, 1.807) is 31.2 Å². The summed E-state index contributed by atoms with van der Waals surface area (Å²) in [6, 6.07) is 16.9. The fraction of sp³-hybridized carbons (Fsp3) is 0.367. The van der Waals surface area contributed by atoms with Crippen molar-refractivity contribution in [1.82, 2.24) is 9.88 Å². The number of amides is 1. The highest BCUT2D eigenvalue weighted by Crippen LogP contribution is 2.38. The van der Waals surface area contributed by atoms with Gasteiger partial charge in [-0.25, -0.2) is 9.78 Å². The van der Waals surface area contributed by atoms with Gasteiger partial charge in [0, 0.05) is 42.4 Å². The molecule has 0 N–H and O–H groups in total. The number of benzene rings is 2. The number of pyridine rings is 1. The second kappa shape index (κ2) is 11.9. The molecule has 0 aliphatic carbocycles. The lowest BCUT2D eigenvalue weighted by Gasteiger charge is -2.39. The van der Waals surface area contributed by atoms with E-state index in [0.29, 0.717) is 34.3 Å². The first kappa shape index (κ1) is 28.0. The van der Waals surface area contributed by atoms with Gasteiger partial charge in [-0.15, -0.1) is 11.8 Å². The molecule has 5 rings (SSSR count). The summed E-state index contributed by atoms with van der Waals surface area (Å²) >= 11 is 1.34. The number of halogens is 3. The Kier molecular flexibility index (Phi) is 8.35. The van der Waals surface area contributed by atoms with Crippen molar-refractivity contribution in [2.75, 3.05) is 6.61 Å². The number of alkyl halides is 3. The molecule has 2 fully saturated rings. The normalized spacial score (nSPS) is 20.3. The Morgan fingerprint density at radius 1 is 0.950 bits per heavy atom. The molecule has 3 atom stereocenters. The molecule has 2 aliphatic heterocycles. The van der Waals surface area contributed by atoms with Crippen LogP contribution in [0.25, 0.3) is 0 Å². The molecule has 2 aromatic carbocycles. The standard InChI is InChI=1S/C30H29F3N2O4S/c1-2-38-29(37)21-7-12-25(13-8-21)39-26-15-23-10-11-24(16-26)35(23)28(36)20-5-3-19(4-6-20)18-40-27-14-9-22(17-34-27)30(31,32)33/h3-9,12-14,17,23-24,26H,2,10-11,15-16,18H2,1H3/t23-,24+,26?. The van der Waals surface area contributed by atoms with E-state index >= 15 is 0 Å². The van der Waals surface area contributed by atoms with E-state index in [2.05, 4.69) is 4.98 Å². The molecule has 3 heterocycles. The highest BCUT2D eigenvalue weighted by Gasteiger charge is 2.44. The lowest BCUT2D eigenvalue weighted by atomic mass is 9.98. The third kappa shape index (κ3) is 6.43. The van der Waals surface area contributed by atoms with Crippen molar-refractivity contribution in [3.8, 4) is 5.75 Å². The average molecular weight is 571 g/mol. The smallest absolute Gasteiger partial charge is 0.417 e. The molecule has 0 radical (unpaired) electrons. The number of piperidine rings is 1. The largest absolute Gasteiger partial charge is 0.490 e. The Balaban J connectivity index is 1.15. The highest BCUT2D eigenvalue weighted by atomic mass is 32.2. The van der Waals surface area contributed by atoms with Crippen LogP contribution in [-0.4, -0.2) is 46.6 Å². The number of thioether (sulfide) groups is 1. The second-order valence-corrected chi connectivity index (χ2v) is 10.9. The van der Waals surface area contributed by atoms with E-state index in [1.165, 1.54) is 17.8 Å². The summed E-state index contributed by atoms with van der Waals surface area (Å²) in [5.74, 6) is 0.870. The quantitative estimate of drug-likeness (QED) is 0.220. The number of carbonyl (C=O) groups is 2. The van der Waals surface area contributed by atoms with Crippen LogP contribution in [0, 0.1) is 0 Å². The number of hydrogen-bond donors (Lipinski definition) is 0. The minimum Gasteiger partial charge on any atom is -0.490 e. The van der Waals surface area contributed by atoms with E-state index in [-0.39, 0.29) is 30.1 Å². The molecule has 210 valence electrons. The Hall–Kier alpha value is -3.53. The van der Waals surface area contributed by atoms with Crippen LogP contribution in [0.15, 0.2) is 71.9 Å². The molecular formula is C30H29F3N2O4S. The zero-order valence-corrected chi connectivity index (χ0v) is 22.7. The van der Waals surface area contributed by atoms with E-state index in [1.807, 2.05) is 29.2 Å². The SMILES string of the molecule is CCOC(=O)c1ccc(OC2C[C@H]3CC[C@@H](C2)N3C(=O)c2ccc(CSc3ccc(C(F)(F)F)cn3)cc2)cc1. The van der Waals surface area contributed by atoms with Crippen LogP contribution in [0.1, 0.15) is 64.4 Å². The van der Waals surface area contributed by atoms with E-state index in [9.17, 15) is 22.8 Å². The molecule has 3 aromatic rings. The summed E-state index contributed by atoms with van der Waals surface area (Å²) in [5.41, 5.74) is 1.28. The maximum absolute atomic E-state index is 13.4. The van der Waals surface area contributed by atoms with Gasteiger partial charge in [-0.1, -0.05) is 12.1 Å². The summed E-state index contributed by atoms with van der Waals surface area (Å²) in [7, 11) is 0. The Morgan fingerprint density at radius 2 is 1.60 bits per heavy atom. The van der Waals surface area contributed by atoms with Gasteiger partial charge in [-0.3, -0.25) is 4.79 Å². The maximum atomic E-state index is 13.4. The maximum Gasteiger partial charge on any atom is 0.417 e. The molecule has 2 saturated heterocycles. The zero-order valence-electron chi connectivity index (χ0n) is 21.9. The van der Waals surface area contributed by atoms with Gasteiger partial charge in [0.1, 0.15) is 11.9 Å². The van der Waals surface area contributed by atoms with Crippen molar-refractivity contribution in [3.05, 3.63) is 89.1 Å². The Morgan fingerprint density at radius 3 is 2.17 bits per heavy atom. The van der Waals surface area contributed by atoms with E-state index < -0.39 is 11.7 Å². The van der Waals surface area contributed by atoms with Crippen LogP contribution >= 0.6 is 11.8 Å². The van der Waals surface area contributed by atoms with Crippen molar-refractivity contribution >= 4 is 23.6 Å². The average Bonchev–Trinajstić information content (AvgIpc) is 3.22. The summed E-state index contributed by atoms with van der Waals surface area (Å²) in [5, 5.41) is 0.504. The van der Waals surface area contributed by atoms with Crippen molar-refractivity contribution < 1.29 is 32.2 Å². The summed E-state index contributed by atoms with van der Waals surface area (Å²) in [6.45, 7) is 2.09. The van der Waals surface area contributed by atoms with Gasteiger partial charge in [0.2, 0.25) is 0 Å². The molecule has 0 saturated carbocycles. The van der Waals surface area contributed by atoms with Gasteiger partial charge in [-0.05, 0) is 73.9 Å². The van der Waals surface area contributed by atoms with Crippen molar-refractivity contribution in [1.29, 1.82) is 0 Å². The summed E-state index contributed by atoms with van der Waals surface area (Å²) in [6.07, 6.45) is -0.200. The molecule has 1 aromatic heterocycles. The summed E-state index contributed by atoms with van der Waals surface area (Å²) < 4.78 is 49.4. The van der Waals surface area contributed by atoms with Crippen molar-refractivity contribution in [2.24, 2.45) is 0 Å². The number of rotatable bonds is 8. The molecule has 0 spiro atoms.